The van der Waals surface area contributed by atoms with Crippen molar-refractivity contribution in [3.63, 3.8) is 0 Å². The van der Waals surface area contributed by atoms with Crippen LogP contribution in [0.5, 0.6) is 5.75 Å². The molecule has 3 heterocycles. The van der Waals surface area contributed by atoms with Crippen molar-refractivity contribution >= 4 is 57.6 Å². The molecule has 2 aliphatic heterocycles. The number of nitrogens with two attached hydrogens (primary N) is 1. The number of fused-ring (bicyclic) bond motifs is 1. The van der Waals surface area contributed by atoms with Gasteiger partial charge in [0.05, 0.1) is 4.92 Å². The third-order valence-corrected chi connectivity index (χ3v) is 7.44. The van der Waals surface area contributed by atoms with Gasteiger partial charge in [0, 0.05) is 29.4 Å². The summed E-state index contributed by atoms with van der Waals surface area (Å²) >= 11 is 2.22. The van der Waals surface area contributed by atoms with Crippen molar-refractivity contribution in [2.75, 3.05) is 11.5 Å². The summed E-state index contributed by atoms with van der Waals surface area (Å²) in [7, 11) is 0. The minimum atomic E-state index is -0.957. The summed E-state index contributed by atoms with van der Waals surface area (Å²) in [5, 5.41) is 16.9. The number of hydrogen-bond donors (Lipinski definition) is 2. The summed E-state index contributed by atoms with van der Waals surface area (Å²) in [4.78, 5) is 59.9. The number of carbonyl (C=O) groups is 3. The fourth-order valence-corrected chi connectivity index (χ4v) is 5.40. The summed E-state index contributed by atoms with van der Waals surface area (Å²) in [5.74, 6) is -1.31. The van der Waals surface area contributed by atoms with Crippen LogP contribution in [0, 0.1) is 10.1 Å². The number of nitro benzene ring substituents is 1. The number of nitro groups is 1. The average molecular weight is 582 g/mol. The zero-order valence-corrected chi connectivity index (χ0v) is 22.0. The topological polar surface area (TPSA) is 192 Å². The number of non-ortho nitro benzene ring substituents is 1. The number of nitrogen functional groups attached to an aromatic ring is 1. The van der Waals surface area contributed by atoms with E-state index in [-0.39, 0.29) is 34.7 Å². The molecular formula is C24H19N7O7S2. The maximum Gasteiger partial charge on any atom is 0.355 e. The molecule has 3 N–H and O–H groups in total. The molecule has 2 amide bonds. The monoisotopic (exact) mass is 581 g/mol. The van der Waals surface area contributed by atoms with Gasteiger partial charge in [-0.3, -0.25) is 24.6 Å². The molecule has 40 heavy (non-hydrogen) atoms. The smallest absolute Gasteiger partial charge is 0.355 e. The van der Waals surface area contributed by atoms with E-state index in [0.29, 0.717) is 17.1 Å². The Hall–Kier alpha value is -4.83. The van der Waals surface area contributed by atoms with E-state index in [2.05, 4.69) is 19.8 Å². The van der Waals surface area contributed by atoms with Crippen molar-refractivity contribution in [3.8, 4) is 5.75 Å². The lowest BCUT2D eigenvalue weighted by Gasteiger charge is -2.48. The molecular weight excluding hydrogens is 562 g/mol. The standard InChI is InChI=1S/C24H19N7O7S2/c25-24-27-19(29-40-24)17(28-38-15-4-2-1-3-5-15)20(32)26-18-21(33)30-16(10-11-39-22(18)30)23(34)37-12-13-6-8-14(9-7-13)31(35)36/h1-10,18,22H,11-12H2,(H,26,32)(H2,25,27,29)/t18?,22-/m1/s1. The molecule has 0 aliphatic carbocycles. The molecule has 0 spiro atoms. The van der Waals surface area contributed by atoms with Crippen molar-refractivity contribution in [1.29, 1.82) is 0 Å². The molecule has 1 saturated heterocycles. The minimum Gasteiger partial charge on any atom is -0.456 e. The van der Waals surface area contributed by atoms with E-state index in [1.165, 1.54) is 40.9 Å². The molecule has 204 valence electrons. The number of β-lactam (4-membered cyclic amide) rings is 1. The molecule has 2 aromatic carbocycles. The first-order valence-corrected chi connectivity index (χ1v) is 13.4. The molecule has 16 heteroatoms. The normalized spacial score (nSPS) is 18.2. The molecule has 14 nitrogen and oxygen atoms in total. The van der Waals surface area contributed by atoms with Crippen LogP contribution in [0.3, 0.4) is 0 Å². The van der Waals surface area contributed by atoms with Gasteiger partial charge >= 0.3 is 5.97 Å². The quantitative estimate of drug-likeness (QED) is 0.123. The number of anilines is 1. The van der Waals surface area contributed by atoms with Gasteiger partial charge in [0.25, 0.3) is 17.5 Å². The predicted octanol–water partition coefficient (Wildman–Crippen LogP) is 1.84. The Morgan fingerprint density at radius 2 is 1.95 bits per heavy atom. The van der Waals surface area contributed by atoms with Gasteiger partial charge in [-0.25, -0.2) is 4.79 Å². The molecule has 1 unspecified atom stereocenters. The third kappa shape index (κ3) is 5.62. The first kappa shape index (κ1) is 26.8. The van der Waals surface area contributed by atoms with Gasteiger partial charge in [0.2, 0.25) is 11.5 Å². The fourth-order valence-electron chi connectivity index (χ4n) is 3.77. The number of thioether (sulfide) groups is 1. The van der Waals surface area contributed by atoms with Crippen molar-refractivity contribution in [3.05, 3.63) is 87.9 Å². The highest BCUT2D eigenvalue weighted by Gasteiger charge is 2.53. The molecule has 2 atom stereocenters. The van der Waals surface area contributed by atoms with Crippen LogP contribution in [0.2, 0.25) is 0 Å². The average Bonchev–Trinajstić information content (AvgIpc) is 3.40. The van der Waals surface area contributed by atoms with E-state index < -0.39 is 34.1 Å². The Bertz CT molecular complexity index is 1530. The molecule has 0 bridgehead atoms. The van der Waals surface area contributed by atoms with Gasteiger partial charge in [-0.05, 0) is 35.9 Å². The summed E-state index contributed by atoms with van der Waals surface area (Å²) in [6, 6.07) is 13.1. The molecule has 5 rings (SSSR count). The van der Waals surface area contributed by atoms with E-state index in [1.54, 1.807) is 36.4 Å². The Morgan fingerprint density at radius 1 is 1.20 bits per heavy atom. The summed E-state index contributed by atoms with van der Waals surface area (Å²) in [5.41, 5.74) is 5.91. The number of nitrogens with zero attached hydrogens (tertiary/aromatic N) is 5. The van der Waals surface area contributed by atoms with Crippen LogP contribution >= 0.6 is 23.3 Å². The van der Waals surface area contributed by atoms with E-state index in [9.17, 15) is 24.5 Å². The Labute approximate surface area is 234 Å². The number of nitrogens with one attached hydrogen (secondary N) is 1. The maximum absolute atomic E-state index is 13.2. The number of carbonyl (C=O) groups excluding carboxylic acids is 3. The Kier molecular flexibility index (Phi) is 7.70. The first-order valence-electron chi connectivity index (χ1n) is 11.6. The molecule has 1 fully saturated rings. The molecule has 3 aromatic rings. The minimum absolute atomic E-state index is 0.0522. The zero-order valence-electron chi connectivity index (χ0n) is 20.3. The van der Waals surface area contributed by atoms with Crippen LogP contribution in [0.1, 0.15) is 11.4 Å². The molecule has 0 saturated carbocycles. The highest BCUT2D eigenvalue weighted by atomic mass is 32.2. The number of ether oxygens (including phenoxy) is 1. The Morgan fingerprint density at radius 3 is 2.62 bits per heavy atom. The maximum atomic E-state index is 13.2. The lowest BCUT2D eigenvalue weighted by atomic mass is 10.0. The largest absolute Gasteiger partial charge is 0.456 e. The second-order valence-electron chi connectivity index (χ2n) is 8.27. The summed E-state index contributed by atoms with van der Waals surface area (Å²) < 4.78 is 9.35. The van der Waals surface area contributed by atoms with Gasteiger partial charge in [0.1, 0.15) is 23.7 Å². The number of amides is 2. The van der Waals surface area contributed by atoms with Crippen LogP contribution in [0.15, 0.2) is 71.5 Å². The number of para-hydroxylation sites is 1. The number of benzene rings is 2. The van der Waals surface area contributed by atoms with Crippen LogP contribution in [-0.2, 0) is 25.7 Å². The van der Waals surface area contributed by atoms with Gasteiger partial charge in [-0.2, -0.15) is 9.36 Å². The Balaban J connectivity index is 1.24. The lowest BCUT2D eigenvalue weighted by molar-refractivity contribution is -0.384. The van der Waals surface area contributed by atoms with Crippen LogP contribution in [-0.4, -0.2) is 59.8 Å². The van der Waals surface area contributed by atoms with Gasteiger partial charge in [-0.15, -0.1) is 11.8 Å². The van der Waals surface area contributed by atoms with Crippen LogP contribution in [0.4, 0.5) is 10.8 Å². The van der Waals surface area contributed by atoms with Crippen molar-refractivity contribution in [2.45, 2.75) is 18.0 Å². The number of rotatable bonds is 9. The lowest BCUT2D eigenvalue weighted by Crippen LogP contribution is -2.70. The van der Waals surface area contributed by atoms with Crippen molar-refractivity contribution < 1.29 is 28.9 Å². The third-order valence-electron chi connectivity index (χ3n) is 5.71. The van der Waals surface area contributed by atoms with E-state index in [0.717, 1.165) is 11.5 Å². The summed E-state index contributed by atoms with van der Waals surface area (Å²) in [6.07, 6.45) is 1.57. The van der Waals surface area contributed by atoms with Gasteiger partial charge in [-0.1, -0.05) is 23.4 Å². The molecule has 2 aliphatic rings. The number of oxime groups is 1. The highest BCUT2D eigenvalue weighted by Crippen LogP contribution is 2.38. The number of esters is 1. The van der Waals surface area contributed by atoms with E-state index in [4.69, 9.17) is 15.3 Å². The number of aromatic nitrogens is 2. The second kappa shape index (κ2) is 11.5. The molecule has 1 aromatic heterocycles. The fraction of sp³-hybridized carbons (Fsp3) is 0.167. The first-order chi connectivity index (χ1) is 19.3. The second-order valence-corrected chi connectivity index (χ2v) is 10.2. The zero-order chi connectivity index (χ0) is 28.2. The van der Waals surface area contributed by atoms with Crippen molar-refractivity contribution in [1.82, 2.24) is 19.6 Å². The van der Waals surface area contributed by atoms with Crippen molar-refractivity contribution in [2.24, 2.45) is 5.16 Å². The van der Waals surface area contributed by atoms with Gasteiger partial charge in [0.15, 0.2) is 10.9 Å². The van der Waals surface area contributed by atoms with E-state index >= 15 is 0 Å². The van der Waals surface area contributed by atoms with Crippen LogP contribution < -0.4 is 15.9 Å². The van der Waals surface area contributed by atoms with Crippen LogP contribution in [0.25, 0.3) is 0 Å². The highest BCUT2D eigenvalue weighted by molar-refractivity contribution is 8.00. The summed E-state index contributed by atoms with van der Waals surface area (Å²) in [6.45, 7) is -0.140. The SMILES string of the molecule is Nc1nc(C(=NOc2ccccc2)C(=O)NC2C(=O)N3C(C(=O)OCc4ccc([N+](=O)[O-])cc4)=CCS[C@H]23)ns1. The van der Waals surface area contributed by atoms with E-state index in [1.807, 2.05) is 0 Å². The van der Waals surface area contributed by atoms with Gasteiger partial charge < -0.3 is 20.6 Å². The predicted molar refractivity (Wildman–Crippen MR) is 144 cm³/mol. The number of hydrogen-bond acceptors (Lipinski definition) is 13. The molecule has 0 radical (unpaired) electrons.